The highest BCUT2D eigenvalue weighted by molar-refractivity contribution is 7.16. The Hall–Kier alpha value is -4.42. The van der Waals surface area contributed by atoms with Crippen LogP contribution >= 0.6 is 22.9 Å². The first-order valence-electron chi connectivity index (χ1n) is 11.5. The first-order valence-corrected chi connectivity index (χ1v) is 12.6. The Labute approximate surface area is 225 Å². The van der Waals surface area contributed by atoms with E-state index in [4.69, 9.17) is 16.3 Å². The van der Waals surface area contributed by atoms with Crippen LogP contribution in [-0.2, 0) is 13.1 Å². The van der Waals surface area contributed by atoms with E-state index in [-0.39, 0.29) is 17.0 Å². The number of hydrogen-bond acceptors (Lipinski definition) is 9. The fourth-order valence-electron chi connectivity index (χ4n) is 4.33. The second-order valence-electron chi connectivity index (χ2n) is 8.52. The number of hydrogen-bond donors (Lipinski definition) is 1. The molecular formula is C25H19ClN8O3S. The standard InChI is InChI=1S/C25H19ClN8O3S/c1-13-7-14(15-8-21(26)29-10-19(15)37-2)16(9-28-13)23(35)32-25-31-17-11-33(12-20(17)38-25)24(36)22-18-3-4-30-34(18)6-5-27-22/h3-10H,11-12H2,1-2H3,(H,31,32,35). The van der Waals surface area contributed by atoms with Gasteiger partial charge in [0, 0.05) is 35.4 Å². The second kappa shape index (κ2) is 9.47. The van der Waals surface area contributed by atoms with Crippen LogP contribution in [0.5, 0.6) is 5.75 Å². The molecule has 0 spiro atoms. The summed E-state index contributed by atoms with van der Waals surface area (Å²) in [5.74, 6) is -0.0974. The Morgan fingerprint density at radius 1 is 1.11 bits per heavy atom. The average molecular weight is 547 g/mol. The van der Waals surface area contributed by atoms with E-state index in [1.165, 1.54) is 30.8 Å². The van der Waals surface area contributed by atoms with Crippen molar-refractivity contribution in [3.8, 4) is 16.9 Å². The molecule has 11 nitrogen and oxygen atoms in total. The van der Waals surface area contributed by atoms with Crippen LogP contribution in [0, 0.1) is 6.92 Å². The zero-order valence-corrected chi connectivity index (χ0v) is 21.7. The summed E-state index contributed by atoms with van der Waals surface area (Å²) in [6.07, 6.45) is 7.89. The van der Waals surface area contributed by atoms with Crippen molar-refractivity contribution in [2.75, 3.05) is 12.4 Å². The van der Waals surface area contributed by atoms with Crippen LogP contribution in [0.1, 0.15) is 37.1 Å². The van der Waals surface area contributed by atoms with Gasteiger partial charge in [-0.15, -0.1) is 0 Å². The number of ether oxygens (including phenoxy) is 1. The fraction of sp³-hybridized carbons (Fsp3) is 0.160. The minimum absolute atomic E-state index is 0.202. The molecule has 0 unspecified atom stereocenters. The Morgan fingerprint density at radius 3 is 2.79 bits per heavy atom. The van der Waals surface area contributed by atoms with Crippen LogP contribution in [0.25, 0.3) is 16.6 Å². The summed E-state index contributed by atoms with van der Waals surface area (Å²) in [4.78, 5) is 46.3. The van der Waals surface area contributed by atoms with Crippen molar-refractivity contribution in [1.29, 1.82) is 0 Å². The van der Waals surface area contributed by atoms with Gasteiger partial charge in [-0.1, -0.05) is 22.9 Å². The lowest BCUT2D eigenvalue weighted by molar-refractivity contribution is 0.0746. The molecule has 6 heterocycles. The molecule has 38 heavy (non-hydrogen) atoms. The molecule has 0 fully saturated rings. The number of aromatic nitrogens is 6. The van der Waals surface area contributed by atoms with E-state index in [0.717, 1.165) is 16.3 Å². The number of carbonyl (C=O) groups excluding carboxylic acids is 2. The molecule has 1 aliphatic rings. The Bertz CT molecular complexity index is 1710. The van der Waals surface area contributed by atoms with Crippen molar-refractivity contribution in [2.45, 2.75) is 20.0 Å². The molecule has 0 atom stereocenters. The molecule has 0 saturated carbocycles. The predicted octanol–water partition coefficient (Wildman–Crippen LogP) is 4.02. The van der Waals surface area contributed by atoms with Gasteiger partial charge in [0.2, 0.25) is 0 Å². The third-order valence-corrected chi connectivity index (χ3v) is 7.32. The summed E-state index contributed by atoms with van der Waals surface area (Å²) in [7, 11) is 1.53. The first-order chi connectivity index (χ1) is 18.4. The van der Waals surface area contributed by atoms with Crippen LogP contribution < -0.4 is 10.1 Å². The molecule has 5 aromatic heterocycles. The molecular weight excluding hydrogens is 528 g/mol. The zero-order valence-electron chi connectivity index (χ0n) is 20.2. The molecule has 13 heteroatoms. The van der Waals surface area contributed by atoms with Crippen LogP contribution in [0.3, 0.4) is 0 Å². The Kier molecular flexibility index (Phi) is 5.97. The first kappa shape index (κ1) is 23.9. The third kappa shape index (κ3) is 4.23. The summed E-state index contributed by atoms with van der Waals surface area (Å²) >= 11 is 7.47. The number of methoxy groups -OCH3 is 1. The normalized spacial score (nSPS) is 12.6. The smallest absolute Gasteiger partial charge is 0.275 e. The highest BCUT2D eigenvalue weighted by Gasteiger charge is 2.30. The molecule has 0 radical (unpaired) electrons. The molecule has 5 aromatic rings. The van der Waals surface area contributed by atoms with Gasteiger partial charge in [-0.3, -0.25) is 19.9 Å². The highest BCUT2D eigenvalue weighted by atomic mass is 35.5. The van der Waals surface area contributed by atoms with E-state index >= 15 is 0 Å². The lowest BCUT2D eigenvalue weighted by atomic mass is 10.0. The van der Waals surface area contributed by atoms with Gasteiger partial charge in [-0.2, -0.15) is 5.10 Å². The van der Waals surface area contributed by atoms with Gasteiger partial charge in [-0.25, -0.2) is 19.5 Å². The molecule has 1 N–H and O–H groups in total. The van der Waals surface area contributed by atoms with Crippen molar-refractivity contribution < 1.29 is 14.3 Å². The maximum Gasteiger partial charge on any atom is 0.275 e. The number of rotatable bonds is 5. The van der Waals surface area contributed by atoms with Gasteiger partial charge in [0.15, 0.2) is 10.8 Å². The molecule has 0 saturated heterocycles. The number of halogens is 1. The van der Waals surface area contributed by atoms with Crippen molar-refractivity contribution in [3.05, 3.63) is 81.9 Å². The predicted molar refractivity (Wildman–Crippen MR) is 140 cm³/mol. The molecule has 1 aliphatic heterocycles. The van der Waals surface area contributed by atoms with Gasteiger partial charge in [0.25, 0.3) is 11.8 Å². The van der Waals surface area contributed by atoms with E-state index in [9.17, 15) is 9.59 Å². The third-order valence-electron chi connectivity index (χ3n) is 6.12. The molecule has 0 bridgehead atoms. The van der Waals surface area contributed by atoms with Crippen LogP contribution in [-0.4, -0.2) is 53.4 Å². The van der Waals surface area contributed by atoms with Gasteiger partial charge in [0.1, 0.15) is 10.9 Å². The lowest BCUT2D eigenvalue weighted by Crippen LogP contribution is -2.27. The maximum atomic E-state index is 13.3. The number of fused-ring (bicyclic) bond motifs is 2. The number of thiazole rings is 1. The number of nitrogens with one attached hydrogen (secondary N) is 1. The number of amides is 2. The van der Waals surface area contributed by atoms with Gasteiger partial charge in [0.05, 0.1) is 54.2 Å². The van der Waals surface area contributed by atoms with Crippen molar-refractivity contribution in [3.63, 3.8) is 0 Å². The van der Waals surface area contributed by atoms with E-state index in [2.05, 4.69) is 30.4 Å². The Morgan fingerprint density at radius 2 is 1.97 bits per heavy atom. The minimum Gasteiger partial charge on any atom is -0.494 e. The number of aryl methyl sites for hydroxylation is 1. The largest absolute Gasteiger partial charge is 0.494 e. The summed E-state index contributed by atoms with van der Waals surface area (Å²) in [5, 5.41) is 7.75. The number of anilines is 1. The van der Waals surface area contributed by atoms with Gasteiger partial charge >= 0.3 is 0 Å². The minimum atomic E-state index is -0.376. The van der Waals surface area contributed by atoms with E-state index in [1.54, 1.807) is 46.2 Å². The molecule has 0 aliphatic carbocycles. The summed E-state index contributed by atoms with van der Waals surface area (Å²) < 4.78 is 7.06. The fourth-order valence-corrected chi connectivity index (χ4v) is 5.47. The number of nitrogens with zero attached hydrogens (tertiary/aromatic N) is 7. The monoisotopic (exact) mass is 546 g/mol. The zero-order chi connectivity index (χ0) is 26.4. The number of carbonyl (C=O) groups is 2. The SMILES string of the molecule is COc1cnc(Cl)cc1-c1cc(C)ncc1C(=O)Nc1nc2c(s1)CN(C(=O)c1nccn3nccc13)C2. The second-order valence-corrected chi connectivity index (χ2v) is 9.99. The van der Waals surface area contributed by atoms with Crippen LogP contribution in [0.15, 0.2) is 49.2 Å². The molecule has 0 aromatic carbocycles. The topological polar surface area (TPSA) is 128 Å². The van der Waals surface area contributed by atoms with E-state index < -0.39 is 0 Å². The molecule has 190 valence electrons. The number of pyridine rings is 2. The quantitative estimate of drug-likeness (QED) is 0.327. The average Bonchev–Trinajstić information content (AvgIpc) is 3.63. The van der Waals surface area contributed by atoms with Gasteiger partial charge in [-0.05, 0) is 25.1 Å². The Balaban J connectivity index is 1.22. The maximum absolute atomic E-state index is 13.3. The van der Waals surface area contributed by atoms with Crippen molar-refractivity contribution in [2.24, 2.45) is 0 Å². The summed E-state index contributed by atoms with van der Waals surface area (Å²) in [6, 6.07) is 5.19. The highest BCUT2D eigenvalue weighted by Crippen LogP contribution is 2.35. The van der Waals surface area contributed by atoms with Crippen molar-refractivity contribution in [1.82, 2.24) is 34.4 Å². The summed E-state index contributed by atoms with van der Waals surface area (Å²) in [6.45, 7) is 2.53. The van der Waals surface area contributed by atoms with Crippen molar-refractivity contribution >= 4 is 45.4 Å². The van der Waals surface area contributed by atoms with Crippen LogP contribution in [0.4, 0.5) is 5.13 Å². The van der Waals surface area contributed by atoms with Crippen LogP contribution in [0.2, 0.25) is 5.15 Å². The molecule has 2 amide bonds. The molecule has 6 rings (SSSR count). The van der Waals surface area contributed by atoms with E-state index in [0.29, 0.717) is 51.9 Å². The van der Waals surface area contributed by atoms with Gasteiger partial charge < -0.3 is 9.64 Å². The lowest BCUT2D eigenvalue weighted by Gasteiger charge is -2.15. The van der Waals surface area contributed by atoms with E-state index in [1.807, 2.05) is 6.92 Å². The summed E-state index contributed by atoms with van der Waals surface area (Å²) in [5.41, 5.74) is 4.01.